The van der Waals surface area contributed by atoms with Crippen LogP contribution in [0.25, 0.3) is 0 Å². The molecule has 1 N–H and O–H groups in total. The van der Waals surface area contributed by atoms with Gasteiger partial charge in [0.15, 0.2) is 0 Å². The van der Waals surface area contributed by atoms with Gasteiger partial charge in [0.1, 0.15) is 0 Å². The van der Waals surface area contributed by atoms with Gasteiger partial charge in [-0.15, -0.1) is 0 Å². The number of nitrogens with one attached hydrogen (secondary N) is 1. The third kappa shape index (κ3) is 2.38. The van der Waals surface area contributed by atoms with Gasteiger partial charge in [-0.2, -0.15) is 5.10 Å². The third-order valence-electron chi connectivity index (χ3n) is 2.86. The van der Waals surface area contributed by atoms with E-state index in [0.29, 0.717) is 5.41 Å². The largest absolute Gasteiger partial charge is 0.380 e. The molecule has 84 valence electrons. The molecule has 0 aliphatic carbocycles. The van der Waals surface area contributed by atoms with Crippen LogP contribution in [0.3, 0.4) is 0 Å². The zero-order valence-electron chi connectivity index (χ0n) is 9.71. The molecule has 0 saturated carbocycles. The van der Waals surface area contributed by atoms with Crippen LogP contribution in [-0.2, 0) is 18.3 Å². The Morgan fingerprint density at radius 2 is 2.33 bits per heavy atom. The number of hydrogen-bond donors (Lipinski definition) is 1. The van der Waals surface area contributed by atoms with E-state index in [-0.39, 0.29) is 0 Å². The van der Waals surface area contributed by atoms with Crippen LogP contribution < -0.4 is 5.32 Å². The number of rotatable bonds is 4. The quantitative estimate of drug-likeness (QED) is 0.799. The summed E-state index contributed by atoms with van der Waals surface area (Å²) in [6, 6.07) is 2.12. The first kappa shape index (κ1) is 10.6. The molecule has 0 atom stereocenters. The van der Waals surface area contributed by atoms with Crippen molar-refractivity contribution in [1.29, 1.82) is 0 Å². The normalized spacial score (nSPS) is 18.9. The fourth-order valence-electron chi connectivity index (χ4n) is 1.87. The molecule has 4 heteroatoms. The van der Waals surface area contributed by atoms with Crippen molar-refractivity contribution in [1.82, 2.24) is 15.1 Å². The molecule has 0 bridgehead atoms. The van der Waals surface area contributed by atoms with Crippen LogP contribution in [0.15, 0.2) is 6.07 Å². The van der Waals surface area contributed by atoms with Gasteiger partial charge in [0, 0.05) is 25.6 Å². The van der Waals surface area contributed by atoms with Crippen molar-refractivity contribution in [2.24, 2.45) is 12.5 Å². The van der Waals surface area contributed by atoms with Gasteiger partial charge in [0.2, 0.25) is 0 Å². The lowest BCUT2D eigenvalue weighted by Gasteiger charge is -2.38. The number of aryl methyl sites for hydroxylation is 2. The highest BCUT2D eigenvalue weighted by Crippen LogP contribution is 2.25. The van der Waals surface area contributed by atoms with Crippen molar-refractivity contribution in [2.75, 3.05) is 19.8 Å². The molecular formula is C11H19N3O. The molecule has 15 heavy (non-hydrogen) atoms. The Morgan fingerprint density at radius 3 is 2.80 bits per heavy atom. The highest BCUT2D eigenvalue weighted by molar-refractivity contribution is 5.08. The van der Waals surface area contributed by atoms with Gasteiger partial charge >= 0.3 is 0 Å². The maximum atomic E-state index is 5.21. The van der Waals surface area contributed by atoms with E-state index in [1.54, 1.807) is 0 Å². The summed E-state index contributed by atoms with van der Waals surface area (Å²) in [5, 5.41) is 7.77. The summed E-state index contributed by atoms with van der Waals surface area (Å²) in [4.78, 5) is 0. The van der Waals surface area contributed by atoms with Crippen molar-refractivity contribution in [3.8, 4) is 0 Å². The van der Waals surface area contributed by atoms with Crippen molar-refractivity contribution < 1.29 is 4.74 Å². The van der Waals surface area contributed by atoms with E-state index in [1.807, 2.05) is 18.7 Å². The summed E-state index contributed by atoms with van der Waals surface area (Å²) in [6.07, 6.45) is 0. The molecule has 1 fully saturated rings. The smallest absolute Gasteiger partial charge is 0.0597 e. The van der Waals surface area contributed by atoms with Gasteiger partial charge < -0.3 is 10.1 Å². The maximum Gasteiger partial charge on any atom is 0.0597 e. The molecule has 0 amide bonds. The zero-order valence-corrected chi connectivity index (χ0v) is 9.71. The lowest BCUT2D eigenvalue weighted by Crippen LogP contribution is -2.47. The second kappa shape index (κ2) is 3.94. The Bertz CT molecular complexity index is 342. The molecule has 1 aromatic rings. The molecule has 0 radical (unpaired) electrons. The molecule has 1 saturated heterocycles. The van der Waals surface area contributed by atoms with Crippen LogP contribution in [0.5, 0.6) is 0 Å². The molecule has 1 aromatic heterocycles. The average Bonchev–Trinajstić information content (AvgIpc) is 2.42. The minimum atomic E-state index is 0.341. The van der Waals surface area contributed by atoms with Crippen LogP contribution in [0.1, 0.15) is 18.3 Å². The minimum Gasteiger partial charge on any atom is -0.380 e. The summed E-state index contributed by atoms with van der Waals surface area (Å²) >= 11 is 0. The van der Waals surface area contributed by atoms with E-state index in [4.69, 9.17) is 4.74 Å². The highest BCUT2D eigenvalue weighted by atomic mass is 16.5. The minimum absolute atomic E-state index is 0.341. The Labute approximate surface area is 90.6 Å². The van der Waals surface area contributed by atoms with E-state index in [9.17, 15) is 0 Å². The van der Waals surface area contributed by atoms with Crippen LogP contribution in [0.2, 0.25) is 0 Å². The number of ether oxygens (including phenoxy) is 1. The first-order valence-corrected chi connectivity index (χ1v) is 5.37. The van der Waals surface area contributed by atoms with Crippen LogP contribution in [-0.4, -0.2) is 29.5 Å². The Hall–Kier alpha value is -0.870. The monoisotopic (exact) mass is 209 g/mol. The summed E-state index contributed by atoms with van der Waals surface area (Å²) in [5.74, 6) is 0. The van der Waals surface area contributed by atoms with Crippen molar-refractivity contribution >= 4 is 0 Å². The Kier molecular flexibility index (Phi) is 2.80. The second-order valence-corrected chi connectivity index (χ2v) is 4.81. The fourth-order valence-corrected chi connectivity index (χ4v) is 1.87. The third-order valence-corrected chi connectivity index (χ3v) is 2.86. The van der Waals surface area contributed by atoms with E-state index < -0.39 is 0 Å². The predicted molar refractivity (Wildman–Crippen MR) is 58.6 cm³/mol. The first-order chi connectivity index (χ1) is 7.09. The molecule has 2 heterocycles. The molecule has 0 unspecified atom stereocenters. The lowest BCUT2D eigenvalue weighted by molar-refractivity contribution is -0.0992. The van der Waals surface area contributed by atoms with Gasteiger partial charge in [-0.05, 0) is 13.0 Å². The molecular weight excluding hydrogens is 190 g/mol. The van der Waals surface area contributed by atoms with E-state index in [0.717, 1.165) is 32.0 Å². The summed E-state index contributed by atoms with van der Waals surface area (Å²) in [6.45, 7) is 7.92. The standard InChI is InChI=1S/C11H19N3O/c1-9-4-10(14(3)13-9)5-12-6-11(2)7-15-8-11/h4,12H,5-8H2,1-3H3. The van der Waals surface area contributed by atoms with E-state index in [2.05, 4.69) is 23.4 Å². The van der Waals surface area contributed by atoms with E-state index >= 15 is 0 Å². The second-order valence-electron chi connectivity index (χ2n) is 4.81. The van der Waals surface area contributed by atoms with Crippen molar-refractivity contribution in [2.45, 2.75) is 20.4 Å². The molecule has 2 rings (SSSR count). The number of hydrogen-bond acceptors (Lipinski definition) is 3. The SMILES string of the molecule is Cc1cc(CNCC2(C)COC2)n(C)n1. The zero-order chi connectivity index (χ0) is 10.9. The van der Waals surface area contributed by atoms with Gasteiger partial charge in [-0.1, -0.05) is 6.92 Å². The Balaban J connectivity index is 1.80. The predicted octanol–water partition coefficient (Wildman–Crippen LogP) is 0.855. The molecule has 0 aromatic carbocycles. The maximum absolute atomic E-state index is 5.21. The van der Waals surface area contributed by atoms with Gasteiger partial charge in [-0.25, -0.2) is 0 Å². The van der Waals surface area contributed by atoms with Gasteiger partial charge in [0.05, 0.1) is 24.6 Å². The summed E-state index contributed by atoms with van der Waals surface area (Å²) in [5.41, 5.74) is 2.65. The van der Waals surface area contributed by atoms with Crippen LogP contribution >= 0.6 is 0 Å². The molecule has 4 nitrogen and oxygen atoms in total. The summed E-state index contributed by atoms with van der Waals surface area (Å²) in [7, 11) is 1.98. The van der Waals surface area contributed by atoms with Crippen molar-refractivity contribution in [3.05, 3.63) is 17.5 Å². The number of nitrogens with zero attached hydrogens (tertiary/aromatic N) is 2. The Morgan fingerprint density at radius 1 is 1.60 bits per heavy atom. The topological polar surface area (TPSA) is 39.1 Å². The van der Waals surface area contributed by atoms with Crippen molar-refractivity contribution in [3.63, 3.8) is 0 Å². The molecule has 1 aliphatic rings. The average molecular weight is 209 g/mol. The lowest BCUT2D eigenvalue weighted by atomic mass is 9.89. The number of aromatic nitrogens is 2. The van der Waals surface area contributed by atoms with Crippen LogP contribution in [0.4, 0.5) is 0 Å². The molecule has 0 spiro atoms. The fraction of sp³-hybridized carbons (Fsp3) is 0.727. The first-order valence-electron chi connectivity index (χ1n) is 5.37. The summed E-state index contributed by atoms with van der Waals surface area (Å²) < 4.78 is 7.14. The highest BCUT2D eigenvalue weighted by Gasteiger charge is 2.32. The van der Waals surface area contributed by atoms with Gasteiger partial charge in [0.25, 0.3) is 0 Å². The van der Waals surface area contributed by atoms with Crippen LogP contribution in [0, 0.1) is 12.3 Å². The van der Waals surface area contributed by atoms with Gasteiger partial charge in [-0.3, -0.25) is 4.68 Å². The molecule has 1 aliphatic heterocycles. The van der Waals surface area contributed by atoms with E-state index in [1.165, 1.54) is 5.69 Å².